The monoisotopic (exact) mass is 158 g/mol. The van der Waals surface area contributed by atoms with Crippen LogP contribution in [-0.4, -0.2) is 79.1 Å². The smallest absolute Gasteiger partial charge is 0.907 e. The third kappa shape index (κ3) is 105. The van der Waals surface area contributed by atoms with Gasteiger partial charge in [-0.1, -0.05) is 0 Å². The zero-order chi connectivity index (χ0) is 3.58. The van der Waals surface area contributed by atoms with Gasteiger partial charge in [-0.3, -0.25) is 7.32 Å². The largest absolute Gasteiger partial charge is 2.00 e. The minimum atomic E-state index is -2.92. The average Bonchev–Trinajstić information content (AvgIpc) is 0.811. The Morgan fingerprint density at radius 2 is 1.00 bits per heavy atom. The third-order valence-electron chi connectivity index (χ3n) is 0. The first-order valence-electron chi connectivity index (χ1n) is 0.707. The molecule has 8 heteroatoms. The van der Waals surface area contributed by atoms with Gasteiger partial charge in [0.1, 0.15) is 0 Å². The molecule has 0 aromatic carbocycles. The molecule has 0 aliphatic carbocycles. The van der Waals surface area contributed by atoms with Crippen LogP contribution in [0.4, 0.5) is 0 Å². The standard InChI is InChI=1S/BO3.Ca.Mg.2H2O/c2-1(3)4;;;;/h;;;2*1H2/q-3;2*+2;;/p-1. The summed E-state index contributed by atoms with van der Waals surface area (Å²) in [5, 5.41) is 25.2. The van der Waals surface area contributed by atoms with E-state index in [0.717, 1.165) is 0 Å². The van der Waals surface area contributed by atoms with Crippen LogP contribution >= 0.6 is 0 Å². The second kappa shape index (κ2) is 23.1. The predicted octanol–water partition coefficient (Wildman–Crippen LogP) is -5.71. The minimum Gasteiger partial charge on any atom is -0.907 e. The normalized spacial score (nSPS) is 3.38. The summed E-state index contributed by atoms with van der Waals surface area (Å²) < 4.78 is 0. The van der Waals surface area contributed by atoms with Crippen molar-refractivity contribution in [1.82, 2.24) is 0 Å². The molecule has 0 unspecified atom stereocenters. The van der Waals surface area contributed by atoms with Gasteiger partial charge < -0.3 is 26.0 Å². The van der Waals surface area contributed by atoms with Gasteiger partial charge in [-0.25, -0.2) is 0 Å². The maximum Gasteiger partial charge on any atom is 2.00 e. The molecule has 0 radical (unpaired) electrons. The molecule has 0 aromatic rings. The second-order valence-electron chi connectivity index (χ2n) is 0.289. The van der Waals surface area contributed by atoms with Crippen molar-refractivity contribution in [3.05, 3.63) is 0 Å². The van der Waals surface area contributed by atoms with Crippen LogP contribution in [0.5, 0.6) is 0 Å². The molecule has 0 amide bonds. The van der Waals surface area contributed by atoms with E-state index in [2.05, 4.69) is 0 Å². The van der Waals surface area contributed by atoms with Gasteiger partial charge in [-0.05, 0) is 0 Å². The third-order valence-corrected chi connectivity index (χ3v) is 0. The summed E-state index contributed by atoms with van der Waals surface area (Å²) in [6.07, 6.45) is 0. The van der Waals surface area contributed by atoms with Gasteiger partial charge >= 0.3 is 60.8 Å². The van der Waals surface area contributed by atoms with Crippen molar-refractivity contribution in [3.63, 3.8) is 0 Å². The van der Waals surface area contributed by atoms with E-state index in [-0.39, 0.29) is 71.7 Å². The molecular formula is H3BCaMgO5. The fraction of sp³-hybridized carbons (Fsp3) is 0. The van der Waals surface area contributed by atoms with Crippen molar-refractivity contribution in [1.29, 1.82) is 0 Å². The fourth-order valence-corrected chi connectivity index (χ4v) is 0. The average molecular weight is 158 g/mol. The van der Waals surface area contributed by atoms with Crippen LogP contribution in [-0.2, 0) is 0 Å². The molecule has 5 nitrogen and oxygen atoms in total. The van der Waals surface area contributed by atoms with Crippen molar-refractivity contribution in [3.8, 4) is 0 Å². The SMILES string of the molecule is O.[Ca+2].[Mg+2].[O-]B([O-])[O-].[OH-]. The van der Waals surface area contributed by atoms with Gasteiger partial charge in [-0.2, -0.15) is 0 Å². The van der Waals surface area contributed by atoms with Crippen LogP contribution in [0, 0.1) is 0 Å². The zero-order valence-corrected chi connectivity index (χ0v) is 7.79. The van der Waals surface area contributed by atoms with E-state index in [1.807, 2.05) is 0 Å². The Hall–Kier alpha value is 1.89. The summed E-state index contributed by atoms with van der Waals surface area (Å²) in [6, 6.07) is 0. The van der Waals surface area contributed by atoms with E-state index in [1.54, 1.807) is 0 Å². The summed E-state index contributed by atoms with van der Waals surface area (Å²) in [6.45, 7) is 0. The van der Waals surface area contributed by atoms with Crippen LogP contribution in [0.25, 0.3) is 0 Å². The Labute approximate surface area is 93.0 Å². The Balaban J connectivity index is -0.00000000750. The molecular weight excluding hydrogens is 155 g/mol. The Morgan fingerprint density at radius 3 is 1.00 bits per heavy atom. The topological polar surface area (TPSA) is 131 Å². The van der Waals surface area contributed by atoms with E-state index >= 15 is 0 Å². The molecule has 3 N–H and O–H groups in total. The molecule has 8 heavy (non-hydrogen) atoms. The molecule has 0 bridgehead atoms. The van der Waals surface area contributed by atoms with Crippen molar-refractivity contribution >= 4 is 68.1 Å². The molecule has 0 atom stereocenters. The number of rotatable bonds is 0. The Kier molecular flexibility index (Phi) is 94.6. The molecule has 0 fully saturated rings. The summed E-state index contributed by atoms with van der Waals surface area (Å²) >= 11 is 0. The molecule has 0 rings (SSSR count). The molecule has 0 aliphatic heterocycles. The van der Waals surface area contributed by atoms with E-state index in [0.29, 0.717) is 0 Å². The van der Waals surface area contributed by atoms with E-state index in [9.17, 15) is 0 Å². The second-order valence-corrected chi connectivity index (χ2v) is 0.289. The summed E-state index contributed by atoms with van der Waals surface area (Å²) in [7, 11) is -2.92. The number of hydrogen-bond acceptors (Lipinski definition) is 4. The molecule has 0 saturated carbocycles. The van der Waals surface area contributed by atoms with Crippen LogP contribution in [0.1, 0.15) is 0 Å². The van der Waals surface area contributed by atoms with Gasteiger partial charge in [-0.15, -0.1) is 0 Å². The molecule has 40 valence electrons. The van der Waals surface area contributed by atoms with Crippen LogP contribution in [0.2, 0.25) is 0 Å². The summed E-state index contributed by atoms with van der Waals surface area (Å²) in [5.41, 5.74) is 0. The van der Waals surface area contributed by atoms with Gasteiger partial charge in [0.05, 0.1) is 0 Å². The fourth-order valence-electron chi connectivity index (χ4n) is 0. The first-order chi connectivity index (χ1) is 1.73. The molecule has 0 aliphatic rings. The van der Waals surface area contributed by atoms with E-state index in [1.165, 1.54) is 0 Å². The van der Waals surface area contributed by atoms with Gasteiger partial charge in [0.25, 0.3) is 0 Å². The van der Waals surface area contributed by atoms with Crippen molar-refractivity contribution < 1.29 is 26.0 Å². The van der Waals surface area contributed by atoms with E-state index < -0.39 is 7.32 Å². The molecule has 0 aromatic heterocycles. The quantitative estimate of drug-likeness (QED) is 0.325. The Bertz CT molecular complexity index is 17.1. The zero-order valence-electron chi connectivity index (χ0n) is 4.16. The van der Waals surface area contributed by atoms with Crippen molar-refractivity contribution in [2.45, 2.75) is 0 Å². The minimum absolute atomic E-state index is 0. The van der Waals surface area contributed by atoms with Crippen molar-refractivity contribution in [2.24, 2.45) is 0 Å². The van der Waals surface area contributed by atoms with Crippen molar-refractivity contribution in [2.75, 3.05) is 0 Å². The first kappa shape index (κ1) is 32.7. The maximum absolute atomic E-state index is 8.42. The molecule has 0 spiro atoms. The van der Waals surface area contributed by atoms with Crippen LogP contribution < -0.4 is 15.1 Å². The summed E-state index contributed by atoms with van der Waals surface area (Å²) in [4.78, 5) is 0. The van der Waals surface area contributed by atoms with Gasteiger partial charge in [0.2, 0.25) is 0 Å². The summed E-state index contributed by atoms with van der Waals surface area (Å²) in [5.74, 6) is 0. The molecule has 0 heterocycles. The van der Waals surface area contributed by atoms with Crippen LogP contribution in [0.15, 0.2) is 0 Å². The number of hydrogen-bond donors (Lipinski definition) is 0. The Morgan fingerprint density at radius 1 is 1.00 bits per heavy atom. The first-order valence-corrected chi connectivity index (χ1v) is 0.707. The van der Waals surface area contributed by atoms with Gasteiger partial charge in [0, 0.05) is 0 Å². The molecule has 0 saturated heterocycles. The predicted molar refractivity (Wildman–Crippen MR) is 22.8 cm³/mol. The maximum atomic E-state index is 8.42. The van der Waals surface area contributed by atoms with E-state index in [4.69, 9.17) is 15.1 Å². The van der Waals surface area contributed by atoms with Crippen LogP contribution in [0.3, 0.4) is 0 Å². The van der Waals surface area contributed by atoms with Gasteiger partial charge in [0.15, 0.2) is 0 Å².